The molecule has 1 fully saturated rings. The summed E-state index contributed by atoms with van der Waals surface area (Å²) in [6.07, 6.45) is 1.56. The van der Waals surface area contributed by atoms with Crippen LogP contribution in [0.5, 0.6) is 0 Å². The van der Waals surface area contributed by atoms with Gasteiger partial charge in [0.2, 0.25) is 11.8 Å². The second-order valence-electron chi connectivity index (χ2n) is 4.46. The van der Waals surface area contributed by atoms with Crippen molar-refractivity contribution in [1.29, 1.82) is 0 Å². The first kappa shape index (κ1) is 15.4. The number of carboxylic acid groups (broad SMARTS) is 1. The first-order valence-corrected chi connectivity index (χ1v) is 6.13. The van der Waals surface area contributed by atoms with Crippen molar-refractivity contribution in [2.45, 2.75) is 37.9 Å². The van der Waals surface area contributed by atoms with Crippen LogP contribution in [0.1, 0.15) is 19.8 Å². The lowest BCUT2D eigenvalue weighted by Gasteiger charge is -2.19. The number of amides is 2. The molecule has 3 atom stereocenters. The Morgan fingerprint density at radius 1 is 1.37 bits per heavy atom. The minimum Gasteiger partial charge on any atom is -0.480 e. The highest BCUT2D eigenvalue weighted by Gasteiger charge is 2.28. The number of carboxylic acids is 1. The zero-order valence-electron chi connectivity index (χ0n) is 10.7. The van der Waals surface area contributed by atoms with Crippen molar-refractivity contribution in [3.8, 4) is 0 Å². The predicted octanol–water partition coefficient (Wildman–Crippen LogP) is -2.20. The van der Waals surface area contributed by atoms with Gasteiger partial charge < -0.3 is 26.2 Å². The Bertz CT molecular complexity index is 354. The van der Waals surface area contributed by atoms with E-state index >= 15 is 0 Å². The second kappa shape index (κ2) is 7.05. The van der Waals surface area contributed by atoms with Crippen molar-refractivity contribution in [1.82, 2.24) is 16.0 Å². The Kier molecular flexibility index (Phi) is 5.71. The van der Waals surface area contributed by atoms with Crippen LogP contribution in [-0.4, -0.2) is 59.3 Å². The minimum absolute atomic E-state index is 0.362. The van der Waals surface area contributed by atoms with Crippen molar-refractivity contribution in [3.05, 3.63) is 0 Å². The molecule has 3 unspecified atom stereocenters. The molecule has 0 bridgehead atoms. The molecule has 0 aromatic heterocycles. The summed E-state index contributed by atoms with van der Waals surface area (Å²) in [7, 11) is 0. The van der Waals surface area contributed by atoms with E-state index in [9.17, 15) is 14.4 Å². The molecule has 2 amide bonds. The summed E-state index contributed by atoms with van der Waals surface area (Å²) in [5.74, 6) is -2.27. The number of hydrogen-bond donors (Lipinski definition) is 5. The minimum atomic E-state index is -1.19. The normalized spacial score (nSPS) is 21.5. The van der Waals surface area contributed by atoms with Crippen LogP contribution in [0, 0.1) is 0 Å². The van der Waals surface area contributed by atoms with Gasteiger partial charge in [-0.2, -0.15) is 0 Å². The molecule has 1 aliphatic heterocycles. The van der Waals surface area contributed by atoms with Crippen LogP contribution >= 0.6 is 0 Å². The van der Waals surface area contributed by atoms with E-state index in [0.29, 0.717) is 6.42 Å². The number of carbonyl (C=O) groups excluding carboxylic acids is 2. The molecule has 8 nitrogen and oxygen atoms in total. The Morgan fingerprint density at radius 3 is 2.53 bits per heavy atom. The summed E-state index contributed by atoms with van der Waals surface area (Å²) in [6, 6.07) is -2.58. The average Bonchev–Trinajstić information content (AvgIpc) is 2.88. The second-order valence-corrected chi connectivity index (χ2v) is 4.46. The molecule has 0 radical (unpaired) electrons. The first-order valence-electron chi connectivity index (χ1n) is 6.13. The first-order chi connectivity index (χ1) is 8.95. The van der Waals surface area contributed by atoms with Crippen molar-refractivity contribution in [3.63, 3.8) is 0 Å². The molecular weight excluding hydrogens is 254 g/mol. The molecule has 0 aromatic rings. The maximum absolute atomic E-state index is 11.8. The highest BCUT2D eigenvalue weighted by atomic mass is 16.4. The van der Waals surface area contributed by atoms with E-state index in [1.165, 1.54) is 6.92 Å². The van der Waals surface area contributed by atoms with Crippen molar-refractivity contribution >= 4 is 17.8 Å². The smallest absolute Gasteiger partial charge is 0.325 e. The number of aliphatic carboxylic acids is 1. The third-order valence-corrected chi connectivity index (χ3v) is 2.92. The van der Waals surface area contributed by atoms with Gasteiger partial charge in [0.1, 0.15) is 12.1 Å². The lowest BCUT2D eigenvalue weighted by atomic mass is 10.2. The van der Waals surface area contributed by atoms with Crippen molar-refractivity contribution < 1.29 is 24.6 Å². The van der Waals surface area contributed by atoms with E-state index in [2.05, 4.69) is 16.0 Å². The fourth-order valence-corrected chi connectivity index (χ4v) is 1.75. The van der Waals surface area contributed by atoms with Gasteiger partial charge in [0.05, 0.1) is 12.6 Å². The van der Waals surface area contributed by atoms with Crippen LogP contribution in [0.25, 0.3) is 0 Å². The molecule has 0 aromatic carbocycles. The molecule has 0 aliphatic carbocycles. The third-order valence-electron chi connectivity index (χ3n) is 2.92. The van der Waals surface area contributed by atoms with Gasteiger partial charge in [-0.1, -0.05) is 0 Å². The van der Waals surface area contributed by atoms with Crippen molar-refractivity contribution in [2.75, 3.05) is 13.2 Å². The molecular formula is C11H19N3O5. The molecule has 0 spiro atoms. The molecule has 1 aliphatic rings. The van der Waals surface area contributed by atoms with Crippen LogP contribution in [0.3, 0.4) is 0 Å². The Morgan fingerprint density at radius 2 is 2.05 bits per heavy atom. The molecule has 1 saturated heterocycles. The number of nitrogens with one attached hydrogen (secondary N) is 3. The van der Waals surface area contributed by atoms with E-state index in [-0.39, 0.29) is 11.9 Å². The fraction of sp³-hybridized carbons (Fsp3) is 0.727. The SMILES string of the molecule is CC(NC(=O)C(CO)NC(=O)C1CCCN1)C(=O)O. The fourth-order valence-electron chi connectivity index (χ4n) is 1.75. The van der Waals surface area contributed by atoms with Gasteiger partial charge in [-0.15, -0.1) is 0 Å². The summed E-state index contributed by atoms with van der Waals surface area (Å²) in [5, 5.41) is 25.3. The summed E-state index contributed by atoms with van der Waals surface area (Å²) in [6.45, 7) is 1.45. The Labute approximate surface area is 110 Å². The number of aliphatic hydroxyl groups is 1. The molecule has 108 valence electrons. The van der Waals surface area contributed by atoms with Gasteiger partial charge in [0, 0.05) is 0 Å². The topological polar surface area (TPSA) is 128 Å². The van der Waals surface area contributed by atoms with E-state index in [1.54, 1.807) is 0 Å². The monoisotopic (exact) mass is 273 g/mol. The number of hydrogen-bond acceptors (Lipinski definition) is 5. The van der Waals surface area contributed by atoms with Gasteiger partial charge in [-0.05, 0) is 26.3 Å². The van der Waals surface area contributed by atoms with Crippen LogP contribution in [0.15, 0.2) is 0 Å². The Balaban J connectivity index is 2.49. The third kappa shape index (κ3) is 4.49. The highest BCUT2D eigenvalue weighted by molar-refractivity contribution is 5.91. The van der Waals surface area contributed by atoms with Gasteiger partial charge in [0.25, 0.3) is 0 Å². The van der Waals surface area contributed by atoms with E-state index in [0.717, 1.165) is 13.0 Å². The largest absolute Gasteiger partial charge is 0.480 e. The number of rotatable bonds is 6. The predicted molar refractivity (Wildman–Crippen MR) is 65.3 cm³/mol. The molecule has 8 heteroatoms. The van der Waals surface area contributed by atoms with E-state index in [4.69, 9.17) is 10.2 Å². The van der Waals surface area contributed by atoms with E-state index < -0.39 is 30.6 Å². The highest BCUT2D eigenvalue weighted by Crippen LogP contribution is 2.04. The summed E-state index contributed by atoms with van der Waals surface area (Å²) >= 11 is 0. The van der Waals surface area contributed by atoms with Crippen LogP contribution < -0.4 is 16.0 Å². The zero-order chi connectivity index (χ0) is 14.4. The average molecular weight is 273 g/mol. The standard InChI is InChI=1S/C11H19N3O5/c1-6(11(18)19)13-10(17)8(5-15)14-9(16)7-3-2-4-12-7/h6-8,12,15H,2-5H2,1H3,(H,13,17)(H,14,16)(H,18,19). The molecule has 5 N–H and O–H groups in total. The Hall–Kier alpha value is -1.67. The number of aliphatic hydroxyl groups excluding tert-OH is 1. The van der Waals surface area contributed by atoms with Gasteiger partial charge in [-0.25, -0.2) is 0 Å². The molecule has 0 saturated carbocycles. The van der Waals surface area contributed by atoms with E-state index in [1.807, 2.05) is 0 Å². The summed E-state index contributed by atoms with van der Waals surface area (Å²) < 4.78 is 0. The molecule has 19 heavy (non-hydrogen) atoms. The van der Waals surface area contributed by atoms with Gasteiger partial charge in [0.15, 0.2) is 0 Å². The zero-order valence-corrected chi connectivity index (χ0v) is 10.7. The van der Waals surface area contributed by atoms with Crippen LogP contribution in [0.4, 0.5) is 0 Å². The van der Waals surface area contributed by atoms with Crippen molar-refractivity contribution in [2.24, 2.45) is 0 Å². The van der Waals surface area contributed by atoms with Gasteiger partial charge >= 0.3 is 5.97 Å². The lowest BCUT2D eigenvalue weighted by Crippen LogP contribution is -2.55. The lowest BCUT2D eigenvalue weighted by molar-refractivity contribution is -0.142. The number of carbonyl (C=O) groups is 3. The van der Waals surface area contributed by atoms with Crippen LogP contribution in [-0.2, 0) is 14.4 Å². The molecule has 1 rings (SSSR count). The van der Waals surface area contributed by atoms with Crippen LogP contribution in [0.2, 0.25) is 0 Å². The van der Waals surface area contributed by atoms with Gasteiger partial charge in [-0.3, -0.25) is 14.4 Å². The summed E-state index contributed by atoms with van der Waals surface area (Å²) in [4.78, 5) is 34.0. The maximum atomic E-state index is 11.8. The maximum Gasteiger partial charge on any atom is 0.325 e. The quantitative estimate of drug-likeness (QED) is 0.374. The summed E-state index contributed by atoms with van der Waals surface area (Å²) in [5.41, 5.74) is 0. The molecule has 1 heterocycles.